The van der Waals surface area contributed by atoms with Crippen LogP contribution in [0, 0.1) is 11.3 Å². The predicted molar refractivity (Wildman–Crippen MR) is 81.3 cm³/mol. The third-order valence-corrected chi connectivity index (χ3v) is 5.02. The molecule has 0 aromatic carbocycles. The number of amides is 1. The van der Waals surface area contributed by atoms with Gasteiger partial charge in [0, 0.05) is 5.92 Å². The van der Waals surface area contributed by atoms with Crippen molar-refractivity contribution in [3.63, 3.8) is 0 Å². The fraction of sp³-hybridized carbons (Fsp3) is 0.571. The summed E-state index contributed by atoms with van der Waals surface area (Å²) >= 11 is 9.15. The van der Waals surface area contributed by atoms with E-state index in [2.05, 4.69) is 40.1 Å². The normalized spacial score (nSPS) is 22.0. The number of carbonyl (C=O) groups excluding carboxylic acids is 1. The van der Waals surface area contributed by atoms with E-state index >= 15 is 0 Å². The molecule has 0 bridgehead atoms. The summed E-state index contributed by atoms with van der Waals surface area (Å²) in [5, 5.41) is 3.34. The van der Waals surface area contributed by atoms with Crippen molar-refractivity contribution in [2.24, 2.45) is 11.3 Å². The van der Waals surface area contributed by atoms with Gasteiger partial charge in [0.1, 0.15) is 5.15 Å². The van der Waals surface area contributed by atoms with Crippen molar-refractivity contribution in [2.75, 3.05) is 5.32 Å². The van der Waals surface area contributed by atoms with Crippen molar-refractivity contribution in [2.45, 2.75) is 39.5 Å². The smallest absolute Gasteiger partial charge is 0.228 e. The summed E-state index contributed by atoms with van der Waals surface area (Å²) < 4.78 is 0.690. The summed E-state index contributed by atoms with van der Waals surface area (Å²) in [5.74, 6) is 0.149. The lowest BCUT2D eigenvalue weighted by Crippen LogP contribution is -2.37. The number of nitrogens with one attached hydrogen (secondary N) is 1. The first-order valence-corrected chi connectivity index (χ1v) is 7.69. The second kappa shape index (κ2) is 5.80. The molecule has 0 saturated heterocycles. The minimum Gasteiger partial charge on any atom is -0.324 e. The molecule has 3 nitrogen and oxygen atoms in total. The molecule has 1 amide bonds. The van der Waals surface area contributed by atoms with Crippen LogP contribution in [-0.4, -0.2) is 10.9 Å². The number of aromatic nitrogens is 1. The van der Waals surface area contributed by atoms with Gasteiger partial charge in [-0.05, 0) is 40.3 Å². The van der Waals surface area contributed by atoms with Gasteiger partial charge in [0.2, 0.25) is 5.91 Å². The van der Waals surface area contributed by atoms with Crippen LogP contribution < -0.4 is 5.32 Å². The Morgan fingerprint density at radius 3 is 2.89 bits per heavy atom. The zero-order valence-corrected chi connectivity index (χ0v) is 13.5. The van der Waals surface area contributed by atoms with Crippen molar-refractivity contribution in [3.8, 4) is 0 Å². The van der Waals surface area contributed by atoms with Gasteiger partial charge in [-0.2, -0.15) is 0 Å². The van der Waals surface area contributed by atoms with Crippen molar-refractivity contribution in [1.29, 1.82) is 0 Å². The molecular formula is C14H18BrClN2O. The van der Waals surface area contributed by atoms with Crippen molar-refractivity contribution in [3.05, 3.63) is 21.9 Å². The lowest BCUT2D eigenvalue weighted by molar-refractivity contribution is -0.124. The molecule has 1 aromatic heterocycles. The molecule has 1 heterocycles. The number of hydrogen-bond acceptors (Lipinski definition) is 2. The third kappa shape index (κ3) is 3.48. The lowest BCUT2D eigenvalue weighted by Gasteiger charge is -2.37. The zero-order chi connectivity index (χ0) is 14.0. The second-order valence-corrected chi connectivity index (χ2v) is 6.99. The van der Waals surface area contributed by atoms with Crippen LogP contribution >= 0.6 is 27.5 Å². The van der Waals surface area contributed by atoms with Crippen molar-refractivity contribution >= 4 is 39.1 Å². The molecule has 1 aromatic rings. The maximum atomic E-state index is 12.4. The highest BCUT2D eigenvalue weighted by atomic mass is 79.9. The highest BCUT2D eigenvalue weighted by molar-refractivity contribution is 9.10. The van der Waals surface area contributed by atoms with E-state index in [1.54, 1.807) is 12.3 Å². The summed E-state index contributed by atoms with van der Waals surface area (Å²) in [6.45, 7) is 4.35. The van der Waals surface area contributed by atoms with Crippen LogP contribution in [0.4, 0.5) is 5.69 Å². The molecular weight excluding hydrogens is 328 g/mol. The van der Waals surface area contributed by atoms with Gasteiger partial charge in [-0.1, -0.05) is 38.3 Å². The largest absolute Gasteiger partial charge is 0.324 e. The first kappa shape index (κ1) is 14.8. The number of pyridine rings is 1. The number of hydrogen-bond donors (Lipinski definition) is 1. The van der Waals surface area contributed by atoms with E-state index in [4.69, 9.17) is 11.6 Å². The molecule has 1 aliphatic rings. The quantitative estimate of drug-likeness (QED) is 0.793. The maximum Gasteiger partial charge on any atom is 0.228 e. The average Bonchev–Trinajstić information content (AvgIpc) is 2.33. The van der Waals surface area contributed by atoms with Crippen LogP contribution in [0.3, 0.4) is 0 Å². The molecule has 1 N–H and O–H groups in total. The standard InChI is InChI=1S/C14H18BrClN2O/c1-14(2)6-4-3-5-10(14)13(19)18-9-7-11(15)12(16)17-8-9/h7-8,10H,3-6H2,1-2H3,(H,18,19). The molecule has 1 unspecified atom stereocenters. The van der Waals surface area contributed by atoms with E-state index in [9.17, 15) is 4.79 Å². The van der Waals surface area contributed by atoms with E-state index in [-0.39, 0.29) is 17.2 Å². The van der Waals surface area contributed by atoms with Crippen LogP contribution in [0.15, 0.2) is 16.7 Å². The molecule has 19 heavy (non-hydrogen) atoms. The SMILES string of the molecule is CC1(C)CCCCC1C(=O)Nc1cnc(Cl)c(Br)c1. The number of nitrogens with zero attached hydrogens (tertiary/aromatic N) is 1. The van der Waals surface area contributed by atoms with Gasteiger partial charge in [0.15, 0.2) is 0 Å². The Balaban J connectivity index is 2.09. The lowest BCUT2D eigenvalue weighted by atomic mass is 9.68. The Bertz CT molecular complexity index is 490. The maximum absolute atomic E-state index is 12.4. The Labute approximate surface area is 127 Å². The van der Waals surface area contributed by atoms with Gasteiger partial charge in [-0.3, -0.25) is 4.79 Å². The van der Waals surface area contributed by atoms with Gasteiger partial charge in [-0.25, -0.2) is 4.98 Å². The van der Waals surface area contributed by atoms with Gasteiger partial charge in [0.05, 0.1) is 16.4 Å². The number of carbonyl (C=O) groups is 1. The molecule has 1 fully saturated rings. The Hall–Kier alpha value is -0.610. The van der Waals surface area contributed by atoms with Crippen LogP contribution in [0.2, 0.25) is 5.15 Å². The number of halogens is 2. The van der Waals surface area contributed by atoms with Gasteiger partial charge in [0.25, 0.3) is 0 Å². The molecule has 104 valence electrons. The summed E-state index contributed by atoms with van der Waals surface area (Å²) in [6.07, 6.45) is 5.99. The van der Waals surface area contributed by atoms with Gasteiger partial charge < -0.3 is 5.32 Å². The minimum atomic E-state index is 0.0655. The third-order valence-electron chi connectivity index (χ3n) is 3.89. The average molecular weight is 346 g/mol. The molecule has 1 aliphatic carbocycles. The summed E-state index contributed by atoms with van der Waals surface area (Å²) in [4.78, 5) is 16.4. The molecule has 0 spiro atoms. The highest BCUT2D eigenvalue weighted by Crippen LogP contribution is 2.41. The van der Waals surface area contributed by atoms with Crippen LogP contribution in [0.5, 0.6) is 0 Å². The van der Waals surface area contributed by atoms with E-state index in [1.807, 2.05) is 0 Å². The molecule has 0 radical (unpaired) electrons. The van der Waals surface area contributed by atoms with Gasteiger partial charge in [-0.15, -0.1) is 0 Å². The summed E-state index contributed by atoms with van der Waals surface area (Å²) in [7, 11) is 0. The second-order valence-electron chi connectivity index (χ2n) is 5.77. The Morgan fingerprint density at radius 1 is 1.53 bits per heavy atom. The molecule has 1 atom stereocenters. The highest BCUT2D eigenvalue weighted by Gasteiger charge is 2.37. The van der Waals surface area contributed by atoms with Crippen LogP contribution in [0.25, 0.3) is 0 Å². The van der Waals surface area contributed by atoms with Crippen molar-refractivity contribution in [1.82, 2.24) is 4.98 Å². The number of anilines is 1. The zero-order valence-electron chi connectivity index (χ0n) is 11.2. The first-order valence-electron chi connectivity index (χ1n) is 6.52. The van der Waals surface area contributed by atoms with Gasteiger partial charge >= 0.3 is 0 Å². The van der Waals surface area contributed by atoms with E-state index in [1.165, 1.54) is 6.42 Å². The van der Waals surface area contributed by atoms with Crippen LogP contribution in [-0.2, 0) is 4.79 Å². The number of rotatable bonds is 2. The fourth-order valence-corrected chi connectivity index (χ4v) is 3.15. The van der Waals surface area contributed by atoms with E-state index in [0.29, 0.717) is 15.3 Å². The topological polar surface area (TPSA) is 42.0 Å². The van der Waals surface area contributed by atoms with E-state index < -0.39 is 0 Å². The molecule has 1 saturated carbocycles. The molecule has 2 rings (SSSR count). The summed E-state index contributed by atoms with van der Waals surface area (Å²) in [5.41, 5.74) is 0.752. The Morgan fingerprint density at radius 2 is 2.26 bits per heavy atom. The van der Waals surface area contributed by atoms with E-state index in [0.717, 1.165) is 19.3 Å². The Kier molecular flexibility index (Phi) is 4.51. The fourth-order valence-electron chi connectivity index (χ4n) is 2.70. The summed E-state index contributed by atoms with van der Waals surface area (Å²) in [6, 6.07) is 1.78. The van der Waals surface area contributed by atoms with Crippen molar-refractivity contribution < 1.29 is 4.79 Å². The molecule has 0 aliphatic heterocycles. The minimum absolute atomic E-state index is 0.0655. The molecule has 5 heteroatoms. The van der Waals surface area contributed by atoms with Crippen LogP contribution in [0.1, 0.15) is 39.5 Å². The monoisotopic (exact) mass is 344 g/mol. The first-order chi connectivity index (χ1) is 8.90. The predicted octanol–water partition coefficient (Wildman–Crippen LogP) is 4.65.